The van der Waals surface area contributed by atoms with Gasteiger partial charge in [0.05, 0.1) is 0 Å². The van der Waals surface area contributed by atoms with Crippen LogP contribution in [0.2, 0.25) is 0 Å². The average molecular weight is 285 g/mol. The van der Waals surface area contributed by atoms with Crippen LogP contribution in [-0.2, 0) is 6.42 Å². The molecule has 0 aliphatic heterocycles. The Bertz CT molecular complexity index is 540. The number of hydrogen-bond donors (Lipinski definition) is 1. The third-order valence-corrected chi connectivity index (χ3v) is 3.13. The highest BCUT2D eigenvalue weighted by Gasteiger charge is 2.02. The quantitative estimate of drug-likeness (QED) is 0.779. The Morgan fingerprint density at radius 3 is 2.57 bits per heavy atom. The monoisotopic (exact) mass is 285 g/mol. The van der Waals surface area contributed by atoms with Crippen molar-refractivity contribution in [3.8, 4) is 11.6 Å². The zero-order chi connectivity index (χ0) is 14.9. The van der Waals surface area contributed by atoms with Crippen molar-refractivity contribution in [1.29, 1.82) is 0 Å². The second-order valence-electron chi connectivity index (χ2n) is 4.99. The summed E-state index contributed by atoms with van der Waals surface area (Å²) in [4.78, 5) is 8.50. The molecule has 0 radical (unpaired) electrons. The molecule has 21 heavy (non-hydrogen) atoms. The third kappa shape index (κ3) is 5.06. The molecule has 0 aliphatic carbocycles. The van der Waals surface area contributed by atoms with E-state index in [0.717, 1.165) is 25.1 Å². The van der Waals surface area contributed by atoms with Gasteiger partial charge in [0.15, 0.2) is 0 Å². The lowest BCUT2D eigenvalue weighted by Gasteiger charge is -2.07. The van der Waals surface area contributed by atoms with Crippen molar-refractivity contribution in [2.75, 3.05) is 11.9 Å². The van der Waals surface area contributed by atoms with Gasteiger partial charge >= 0.3 is 0 Å². The maximum Gasteiger partial charge on any atom is 0.225 e. The molecule has 2 rings (SSSR count). The predicted octanol–water partition coefficient (Wildman–Crippen LogP) is 4.43. The summed E-state index contributed by atoms with van der Waals surface area (Å²) in [7, 11) is 0. The molecule has 0 fully saturated rings. The molecule has 0 atom stereocenters. The van der Waals surface area contributed by atoms with Gasteiger partial charge in [0.1, 0.15) is 5.75 Å². The first-order valence-electron chi connectivity index (χ1n) is 7.65. The Balaban J connectivity index is 1.97. The molecule has 1 aromatic carbocycles. The summed E-state index contributed by atoms with van der Waals surface area (Å²) in [5.41, 5.74) is 1.34. The summed E-state index contributed by atoms with van der Waals surface area (Å²) in [6.07, 6.45) is 6.30. The zero-order valence-corrected chi connectivity index (χ0v) is 12.8. The van der Waals surface area contributed by atoms with E-state index in [1.54, 1.807) is 12.3 Å². The van der Waals surface area contributed by atoms with E-state index in [-0.39, 0.29) is 0 Å². The van der Waals surface area contributed by atoms with Crippen LogP contribution < -0.4 is 10.1 Å². The van der Waals surface area contributed by atoms with Crippen molar-refractivity contribution >= 4 is 5.95 Å². The number of ether oxygens (including phenoxy) is 1. The Morgan fingerprint density at radius 1 is 1.05 bits per heavy atom. The lowest BCUT2D eigenvalue weighted by atomic mass is 10.1. The second-order valence-corrected chi connectivity index (χ2v) is 4.99. The van der Waals surface area contributed by atoms with Gasteiger partial charge in [-0.2, -0.15) is 4.98 Å². The molecule has 0 amide bonds. The summed E-state index contributed by atoms with van der Waals surface area (Å²) in [5, 5.41) is 3.15. The van der Waals surface area contributed by atoms with Gasteiger partial charge < -0.3 is 10.1 Å². The minimum atomic E-state index is 0.560. The van der Waals surface area contributed by atoms with Crippen LogP contribution in [0.15, 0.2) is 36.5 Å². The largest absolute Gasteiger partial charge is 0.439 e. The highest BCUT2D eigenvalue weighted by molar-refractivity contribution is 5.33. The molecule has 4 heteroatoms. The van der Waals surface area contributed by atoms with E-state index in [1.165, 1.54) is 18.4 Å². The second kappa shape index (κ2) is 8.25. The van der Waals surface area contributed by atoms with E-state index in [9.17, 15) is 0 Å². The summed E-state index contributed by atoms with van der Waals surface area (Å²) in [6, 6.07) is 9.98. The van der Waals surface area contributed by atoms with Gasteiger partial charge in [0.25, 0.3) is 0 Å². The molecule has 1 aromatic heterocycles. The average Bonchev–Trinajstić information content (AvgIpc) is 2.53. The summed E-state index contributed by atoms with van der Waals surface area (Å²) in [6.45, 7) is 5.17. The fourth-order valence-electron chi connectivity index (χ4n) is 1.95. The SMILES string of the molecule is CCCCc1ccc(Oc2ccnc(NCCC)n2)cc1. The van der Waals surface area contributed by atoms with Crippen molar-refractivity contribution in [1.82, 2.24) is 9.97 Å². The standard InChI is InChI=1S/C17H23N3O/c1-3-5-6-14-7-9-15(10-8-14)21-16-11-13-19-17(20-16)18-12-4-2/h7-11,13H,3-6,12H2,1-2H3,(H,18,19,20). The van der Waals surface area contributed by atoms with Crippen molar-refractivity contribution in [3.05, 3.63) is 42.1 Å². The number of anilines is 1. The summed E-state index contributed by atoms with van der Waals surface area (Å²) in [5.74, 6) is 1.97. The molecular formula is C17H23N3O. The molecule has 0 unspecified atom stereocenters. The Morgan fingerprint density at radius 2 is 1.86 bits per heavy atom. The molecule has 112 valence electrons. The number of aryl methyl sites for hydroxylation is 1. The zero-order valence-electron chi connectivity index (χ0n) is 12.8. The van der Waals surface area contributed by atoms with Gasteiger partial charge in [-0.1, -0.05) is 32.4 Å². The number of hydrogen-bond acceptors (Lipinski definition) is 4. The van der Waals surface area contributed by atoms with Crippen LogP contribution in [0.5, 0.6) is 11.6 Å². The van der Waals surface area contributed by atoms with Crippen LogP contribution in [0.1, 0.15) is 38.7 Å². The first-order chi connectivity index (χ1) is 10.3. The highest BCUT2D eigenvalue weighted by Crippen LogP contribution is 2.20. The van der Waals surface area contributed by atoms with Crippen LogP contribution >= 0.6 is 0 Å². The number of nitrogens with zero attached hydrogens (tertiary/aromatic N) is 2. The van der Waals surface area contributed by atoms with Gasteiger partial charge in [0.2, 0.25) is 11.8 Å². The van der Waals surface area contributed by atoms with Crippen LogP contribution in [0.25, 0.3) is 0 Å². The van der Waals surface area contributed by atoms with Crippen LogP contribution in [0.4, 0.5) is 5.95 Å². The molecule has 0 aliphatic rings. The van der Waals surface area contributed by atoms with Gasteiger partial charge in [-0.3, -0.25) is 0 Å². The van der Waals surface area contributed by atoms with E-state index >= 15 is 0 Å². The number of benzene rings is 1. The molecule has 0 bridgehead atoms. The van der Waals surface area contributed by atoms with Gasteiger partial charge in [-0.15, -0.1) is 0 Å². The Labute approximate surface area is 126 Å². The van der Waals surface area contributed by atoms with Gasteiger partial charge in [-0.25, -0.2) is 4.98 Å². The van der Waals surface area contributed by atoms with E-state index in [1.807, 2.05) is 12.1 Å². The molecule has 0 saturated carbocycles. The number of nitrogens with one attached hydrogen (secondary N) is 1. The van der Waals surface area contributed by atoms with Crippen molar-refractivity contribution in [2.45, 2.75) is 39.5 Å². The smallest absolute Gasteiger partial charge is 0.225 e. The minimum Gasteiger partial charge on any atom is -0.439 e. The van der Waals surface area contributed by atoms with E-state index in [0.29, 0.717) is 11.8 Å². The van der Waals surface area contributed by atoms with Gasteiger partial charge in [-0.05, 0) is 37.0 Å². The maximum atomic E-state index is 5.77. The van der Waals surface area contributed by atoms with Crippen molar-refractivity contribution in [2.24, 2.45) is 0 Å². The first kappa shape index (κ1) is 15.3. The molecule has 0 saturated heterocycles. The summed E-state index contributed by atoms with van der Waals surface area (Å²) < 4.78 is 5.77. The molecule has 0 spiro atoms. The molecule has 1 N–H and O–H groups in total. The Kier molecular flexibility index (Phi) is 6.00. The topological polar surface area (TPSA) is 47.0 Å². The van der Waals surface area contributed by atoms with Crippen molar-refractivity contribution < 1.29 is 4.74 Å². The molecule has 2 aromatic rings. The molecule has 4 nitrogen and oxygen atoms in total. The predicted molar refractivity (Wildman–Crippen MR) is 85.9 cm³/mol. The molecular weight excluding hydrogens is 262 g/mol. The lowest BCUT2D eigenvalue weighted by Crippen LogP contribution is -2.04. The lowest BCUT2D eigenvalue weighted by molar-refractivity contribution is 0.462. The molecule has 1 heterocycles. The van der Waals surface area contributed by atoms with Crippen LogP contribution in [0, 0.1) is 0 Å². The Hall–Kier alpha value is -2.10. The first-order valence-corrected chi connectivity index (χ1v) is 7.65. The third-order valence-electron chi connectivity index (χ3n) is 3.13. The van der Waals surface area contributed by atoms with E-state index < -0.39 is 0 Å². The van der Waals surface area contributed by atoms with Gasteiger partial charge in [0, 0.05) is 18.8 Å². The number of rotatable bonds is 8. The highest BCUT2D eigenvalue weighted by atomic mass is 16.5. The van der Waals surface area contributed by atoms with Crippen molar-refractivity contribution in [3.63, 3.8) is 0 Å². The van der Waals surface area contributed by atoms with E-state index in [2.05, 4.69) is 41.3 Å². The fraction of sp³-hybridized carbons (Fsp3) is 0.412. The van der Waals surface area contributed by atoms with Crippen LogP contribution in [0.3, 0.4) is 0 Å². The minimum absolute atomic E-state index is 0.560. The maximum absolute atomic E-state index is 5.77. The number of unbranched alkanes of at least 4 members (excludes halogenated alkanes) is 1. The fourth-order valence-corrected chi connectivity index (χ4v) is 1.95. The number of aromatic nitrogens is 2. The van der Waals surface area contributed by atoms with E-state index in [4.69, 9.17) is 4.74 Å². The summed E-state index contributed by atoms with van der Waals surface area (Å²) >= 11 is 0. The van der Waals surface area contributed by atoms with Crippen LogP contribution in [-0.4, -0.2) is 16.5 Å². The normalized spacial score (nSPS) is 10.4.